The van der Waals surface area contributed by atoms with Crippen LogP contribution in [0, 0.1) is 0 Å². The lowest BCUT2D eigenvalue weighted by Gasteiger charge is -2.04. The van der Waals surface area contributed by atoms with Crippen molar-refractivity contribution in [1.29, 1.82) is 0 Å². The van der Waals surface area contributed by atoms with Gasteiger partial charge < -0.3 is 11.1 Å². The summed E-state index contributed by atoms with van der Waals surface area (Å²) in [4.78, 5) is 24.9. The van der Waals surface area contributed by atoms with Crippen molar-refractivity contribution in [1.82, 2.24) is 9.78 Å². The highest BCUT2D eigenvalue weighted by molar-refractivity contribution is 7.17. The maximum absolute atomic E-state index is 12.1. The molecule has 1 aliphatic rings. The molecule has 0 aromatic carbocycles. The summed E-state index contributed by atoms with van der Waals surface area (Å²) >= 11 is 1.44. The molecule has 0 radical (unpaired) electrons. The third-order valence-electron chi connectivity index (χ3n) is 3.34. The number of nitrogens with two attached hydrogens (primary N) is 1. The van der Waals surface area contributed by atoms with Crippen molar-refractivity contribution in [3.8, 4) is 0 Å². The van der Waals surface area contributed by atoms with E-state index < -0.39 is 5.91 Å². The van der Waals surface area contributed by atoms with Gasteiger partial charge in [0.15, 0.2) is 5.69 Å². The lowest BCUT2D eigenvalue weighted by Crippen LogP contribution is -2.18. The number of primary amides is 1. The first-order chi connectivity index (χ1) is 9.56. The molecule has 0 aliphatic heterocycles. The lowest BCUT2D eigenvalue weighted by molar-refractivity contribution is 0.100. The van der Waals surface area contributed by atoms with Gasteiger partial charge in [-0.2, -0.15) is 5.10 Å². The molecule has 0 bridgehead atoms. The molecule has 2 amide bonds. The predicted molar refractivity (Wildman–Crippen MR) is 76.0 cm³/mol. The number of hydrogen-bond acceptors (Lipinski definition) is 4. The zero-order chi connectivity index (χ0) is 14.3. The molecule has 20 heavy (non-hydrogen) atoms. The molecule has 3 rings (SSSR count). The molecule has 2 aromatic rings. The molecule has 6 nitrogen and oxygen atoms in total. The van der Waals surface area contributed by atoms with Gasteiger partial charge in [0.1, 0.15) is 5.00 Å². The second-order valence-electron chi connectivity index (χ2n) is 4.75. The lowest BCUT2D eigenvalue weighted by atomic mass is 10.1. The first kappa shape index (κ1) is 12.9. The Morgan fingerprint density at radius 1 is 1.45 bits per heavy atom. The Morgan fingerprint density at radius 2 is 2.25 bits per heavy atom. The maximum atomic E-state index is 12.1. The normalized spacial score (nSPS) is 13.2. The van der Waals surface area contributed by atoms with Crippen molar-refractivity contribution in [3.05, 3.63) is 34.0 Å². The quantitative estimate of drug-likeness (QED) is 0.893. The van der Waals surface area contributed by atoms with Crippen LogP contribution in [0.25, 0.3) is 0 Å². The van der Waals surface area contributed by atoms with Crippen molar-refractivity contribution in [3.63, 3.8) is 0 Å². The number of nitrogens with zero attached hydrogens (tertiary/aromatic N) is 2. The Balaban J connectivity index is 1.91. The fraction of sp³-hybridized carbons (Fsp3) is 0.308. The fourth-order valence-electron chi connectivity index (χ4n) is 2.46. The molecule has 0 saturated carbocycles. The first-order valence-electron chi connectivity index (χ1n) is 6.31. The number of carbonyl (C=O) groups is 2. The predicted octanol–water partition coefficient (Wildman–Crippen LogP) is 1.32. The highest BCUT2D eigenvalue weighted by Crippen LogP contribution is 2.38. The van der Waals surface area contributed by atoms with Crippen LogP contribution in [0.5, 0.6) is 0 Å². The van der Waals surface area contributed by atoms with E-state index in [1.54, 1.807) is 24.0 Å². The molecule has 0 spiro atoms. The number of aryl methyl sites for hydroxylation is 2. The van der Waals surface area contributed by atoms with E-state index in [1.807, 2.05) is 0 Å². The van der Waals surface area contributed by atoms with Crippen LogP contribution in [-0.2, 0) is 19.9 Å². The van der Waals surface area contributed by atoms with Crippen LogP contribution in [0.3, 0.4) is 0 Å². The minimum Gasteiger partial charge on any atom is -0.365 e. The number of thiophene rings is 1. The van der Waals surface area contributed by atoms with Crippen LogP contribution >= 0.6 is 11.3 Å². The standard InChI is InChI=1S/C13H14N4O2S/c1-17-6-5-8(16-17)12(19)15-13-10(11(14)18)7-3-2-4-9(7)20-13/h5-6H,2-4H2,1H3,(H2,14,18)(H,15,19). The summed E-state index contributed by atoms with van der Waals surface area (Å²) < 4.78 is 1.55. The summed E-state index contributed by atoms with van der Waals surface area (Å²) in [6, 6.07) is 1.63. The van der Waals surface area contributed by atoms with E-state index >= 15 is 0 Å². The van der Waals surface area contributed by atoms with Crippen molar-refractivity contribution < 1.29 is 9.59 Å². The largest absolute Gasteiger partial charge is 0.365 e. The van der Waals surface area contributed by atoms with Crippen LogP contribution in [0.2, 0.25) is 0 Å². The summed E-state index contributed by atoms with van der Waals surface area (Å²) in [6.45, 7) is 0. The fourth-order valence-corrected chi connectivity index (χ4v) is 3.75. The van der Waals surface area contributed by atoms with Gasteiger partial charge in [0.2, 0.25) is 0 Å². The summed E-state index contributed by atoms with van der Waals surface area (Å²) in [5.41, 5.74) is 7.23. The van der Waals surface area contributed by atoms with Crippen LogP contribution in [-0.4, -0.2) is 21.6 Å². The number of rotatable bonds is 3. The van der Waals surface area contributed by atoms with Gasteiger partial charge in [0.05, 0.1) is 5.56 Å². The molecule has 0 unspecified atom stereocenters. The van der Waals surface area contributed by atoms with Crippen molar-refractivity contribution in [2.24, 2.45) is 12.8 Å². The molecule has 3 N–H and O–H groups in total. The van der Waals surface area contributed by atoms with Gasteiger partial charge in [-0.1, -0.05) is 0 Å². The molecule has 2 heterocycles. The highest BCUT2D eigenvalue weighted by Gasteiger charge is 2.26. The third-order valence-corrected chi connectivity index (χ3v) is 4.55. The molecule has 2 aromatic heterocycles. The SMILES string of the molecule is Cn1ccc(C(=O)Nc2sc3c(c2C(N)=O)CCC3)n1. The summed E-state index contributed by atoms with van der Waals surface area (Å²) in [6.07, 6.45) is 4.53. The topological polar surface area (TPSA) is 90.0 Å². The Bertz CT molecular complexity index is 701. The van der Waals surface area contributed by atoms with E-state index in [1.165, 1.54) is 11.3 Å². The number of nitrogens with one attached hydrogen (secondary N) is 1. The minimum atomic E-state index is -0.485. The molecule has 0 saturated heterocycles. The van der Waals surface area contributed by atoms with Crippen LogP contribution in [0.15, 0.2) is 12.3 Å². The Morgan fingerprint density at radius 3 is 2.90 bits per heavy atom. The van der Waals surface area contributed by atoms with Crippen molar-refractivity contribution in [2.75, 3.05) is 5.32 Å². The van der Waals surface area contributed by atoms with Crippen LogP contribution in [0.1, 0.15) is 37.7 Å². The number of carbonyl (C=O) groups excluding carboxylic acids is 2. The average Bonchev–Trinajstić information content (AvgIpc) is 3.03. The second-order valence-corrected chi connectivity index (χ2v) is 5.86. The minimum absolute atomic E-state index is 0.316. The van der Waals surface area contributed by atoms with E-state index in [9.17, 15) is 9.59 Å². The average molecular weight is 290 g/mol. The molecule has 1 aliphatic carbocycles. The maximum Gasteiger partial charge on any atom is 0.276 e. The van der Waals surface area contributed by atoms with Gasteiger partial charge >= 0.3 is 0 Å². The molecule has 104 valence electrons. The van der Waals surface area contributed by atoms with Gasteiger partial charge in [-0.3, -0.25) is 14.3 Å². The first-order valence-corrected chi connectivity index (χ1v) is 7.13. The second kappa shape index (κ2) is 4.75. The third kappa shape index (κ3) is 2.09. The monoisotopic (exact) mass is 290 g/mol. The Hall–Kier alpha value is -2.15. The summed E-state index contributed by atoms with van der Waals surface area (Å²) in [5.74, 6) is -0.811. The zero-order valence-corrected chi connectivity index (χ0v) is 11.8. The van der Waals surface area contributed by atoms with Gasteiger partial charge in [-0.15, -0.1) is 11.3 Å². The molecular weight excluding hydrogens is 276 g/mol. The Labute approximate surface area is 119 Å². The van der Waals surface area contributed by atoms with Gasteiger partial charge in [0.25, 0.3) is 11.8 Å². The molecule has 0 atom stereocenters. The summed E-state index contributed by atoms with van der Waals surface area (Å²) in [5, 5.41) is 7.33. The van der Waals surface area contributed by atoms with Gasteiger partial charge in [0, 0.05) is 18.1 Å². The summed E-state index contributed by atoms with van der Waals surface area (Å²) in [7, 11) is 1.74. The van der Waals surface area contributed by atoms with E-state index in [0.717, 1.165) is 29.7 Å². The zero-order valence-electron chi connectivity index (χ0n) is 11.0. The smallest absolute Gasteiger partial charge is 0.276 e. The number of hydrogen-bond donors (Lipinski definition) is 2. The number of aromatic nitrogens is 2. The van der Waals surface area contributed by atoms with E-state index in [0.29, 0.717) is 16.3 Å². The molecule has 7 heteroatoms. The van der Waals surface area contributed by atoms with Gasteiger partial charge in [-0.05, 0) is 30.9 Å². The van der Waals surface area contributed by atoms with E-state index in [4.69, 9.17) is 5.73 Å². The number of amides is 2. The van der Waals surface area contributed by atoms with Crippen molar-refractivity contribution in [2.45, 2.75) is 19.3 Å². The highest BCUT2D eigenvalue weighted by atomic mass is 32.1. The van der Waals surface area contributed by atoms with Crippen LogP contribution < -0.4 is 11.1 Å². The van der Waals surface area contributed by atoms with E-state index in [2.05, 4.69) is 10.4 Å². The van der Waals surface area contributed by atoms with Crippen molar-refractivity contribution >= 4 is 28.2 Å². The molecule has 0 fully saturated rings. The van der Waals surface area contributed by atoms with Gasteiger partial charge in [-0.25, -0.2) is 0 Å². The molecular formula is C13H14N4O2S. The Kier molecular flexibility index (Phi) is 3.06. The number of fused-ring (bicyclic) bond motifs is 1. The number of anilines is 1. The van der Waals surface area contributed by atoms with E-state index in [-0.39, 0.29) is 5.91 Å². The van der Waals surface area contributed by atoms with Crippen LogP contribution in [0.4, 0.5) is 5.00 Å².